The predicted molar refractivity (Wildman–Crippen MR) is 88.0 cm³/mol. The largest absolute Gasteiger partial charge is 0.508 e. The van der Waals surface area contributed by atoms with Crippen molar-refractivity contribution in [2.75, 3.05) is 26.2 Å². The molecular weight excluding hydrogens is 384 g/mol. The van der Waals surface area contributed by atoms with Crippen molar-refractivity contribution in [2.24, 2.45) is 5.92 Å². The molecule has 110 valence electrons. The molecule has 0 radical (unpaired) electrons. The van der Waals surface area contributed by atoms with E-state index in [2.05, 4.69) is 42.1 Å². The number of aromatic hydroxyl groups is 1. The summed E-state index contributed by atoms with van der Waals surface area (Å²) in [6.45, 7) is 4.20. The lowest BCUT2D eigenvalue weighted by molar-refractivity contribution is 0.0814. The first-order chi connectivity index (χ1) is 9.66. The van der Waals surface area contributed by atoms with E-state index in [0.29, 0.717) is 17.7 Å². The highest BCUT2D eigenvalue weighted by atomic mass is 79.9. The molecule has 1 atom stereocenters. The zero-order chi connectivity index (χ0) is 14.1. The molecule has 0 spiro atoms. The Kier molecular flexibility index (Phi) is 4.70. The minimum atomic E-state index is 0.341. The van der Waals surface area contributed by atoms with Gasteiger partial charge in [0.15, 0.2) is 0 Å². The van der Waals surface area contributed by atoms with E-state index >= 15 is 0 Å². The van der Waals surface area contributed by atoms with Crippen molar-refractivity contribution in [1.82, 2.24) is 10.2 Å². The van der Waals surface area contributed by atoms with Crippen LogP contribution in [0.15, 0.2) is 21.1 Å². The van der Waals surface area contributed by atoms with Gasteiger partial charge in [0.25, 0.3) is 0 Å². The quantitative estimate of drug-likeness (QED) is 0.808. The van der Waals surface area contributed by atoms with Gasteiger partial charge in [-0.05, 0) is 30.9 Å². The Morgan fingerprint density at radius 3 is 2.45 bits per heavy atom. The van der Waals surface area contributed by atoms with E-state index in [4.69, 9.17) is 0 Å². The number of nitrogens with one attached hydrogen (secondary N) is 1. The SMILES string of the molecule is Oc1cc(Br)cc(Br)c1[C@@H](C1CCC1)N1CCNCC1. The molecule has 3 nitrogen and oxygen atoms in total. The van der Waals surface area contributed by atoms with Gasteiger partial charge in [-0.1, -0.05) is 38.3 Å². The number of hydrogen-bond acceptors (Lipinski definition) is 3. The van der Waals surface area contributed by atoms with Crippen molar-refractivity contribution < 1.29 is 5.11 Å². The first-order valence-electron chi connectivity index (χ1n) is 7.29. The molecule has 5 heteroatoms. The Labute approximate surface area is 137 Å². The average Bonchev–Trinajstić information content (AvgIpc) is 2.35. The lowest BCUT2D eigenvalue weighted by Gasteiger charge is -2.43. The molecule has 20 heavy (non-hydrogen) atoms. The molecule has 2 N–H and O–H groups in total. The van der Waals surface area contributed by atoms with Gasteiger partial charge in [0.2, 0.25) is 0 Å². The van der Waals surface area contributed by atoms with Gasteiger partial charge in [-0.15, -0.1) is 0 Å². The van der Waals surface area contributed by atoms with Crippen molar-refractivity contribution in [3.05, 3.63) is 26.6 Å². The molecule has 0 bridgehead atoms. The summed E-state index contributed by atoms with van der Waals surface area (Å²) in [5, 5.41) is 13.9. The second kappa shape index (κ2) is 6.34. The minimum Gasteiger partial charge on any atom is -0.508 e. The maximum absolute atomic E-state index is 10.4. The van der Waals surface area contributed by atoms with Crippen LogP contribution in [0, 0.1) is 5.92 Å². The Morgan fingerprint density at radius 2 is 1.90 bits per heavy atom. The lowest BCUT2D eigenvalue weighted by atomic mass is 9.76. The van der Waals surface area contributed by atoms with Gasteiger partial charge in [0, 0.05) is 46.7 Å². The first kappa shape index (κ1) is 14.8. The number of piperazine rings is 1. The van der Waals surface area contributed by atoms with Gasteiger partial charge in [-0.2, -0.15) is 0 Å². The van der Waals surface area contributed by atoms with Crippen LogP contribution in [0.2, 0.25) is 0 Å². The van der Waals surface area contributed by atoms with E-state index in [1.807, 2.05) is 12.1 Å². The van der Waals surface area contributed by atoms with E-state index in [9.17, 15) is 5.11 Å². The predicted octanol–water partition coefficient (Wildman–Crippen LogP) is 3.66. The molecule has 1 heterocycles. The number of phenolic OH excluding ortho intramolecular Hbond substituents is 1. The minimum absolute atomic E-state index is 0.341. The van der Waals surface area contributed by atoms with Gasteiger partial charge in [-0.25, -0.2) is 0 Å². The second-order valence-corrected chi connectivity index (χ2v) is 7.51. The molecular formula is C15H20Br2N2O. The lowest BCUT2D eigenvalue weighted by Crippen LogP contribution is -2.48. The first-order valence-corrected chi connectivity index (χ1v) is 8.88. The molecule has 3 rings (SSSR count). The van der Waals surface area contributed by atoms with E-state index in [0.717, 1.165) is 40.7 Å². The van der Waals surface area contributed by atoms with Crippen molar-refractivity contribution in [3.8, 4) is 5.75 Å². The molecule has 2 fully saturated rings. The van der Waals surface area contributed by atoms with Crippen LogP contribution in [-0.2, 0) is 0 Å². The molecule has 1 aliphatic carbocycles. The third-order valence-corrected chi connectivity index (χ3v) is 5.62. The number of rotatable bonds is 3. The highest BCUT2D eigenvalue weighted by Gasteiger charge is 2.36. The van der Waals surface area contributed by atoms with Crippen LogP contribution in [0.3, 0.4) is 0 Å². The summed E-state index contributed by atoms with van der Waals surface area (Å²) in [7, 11) is 0. The normalized spacial score (nSPS) is 22.5. The van der Waals surface area contributed by atoms with Gasteiger partial charge >= 0.3 is 0 Å². The molecule has 2 aliphatic rings. The van der Waals surface area contributed by atoms with Crippen molar-refractivity contribution >= 4 is 31.9 Å². The van der Waals surface area contributed by atoms with E-state index in [1.165, 1.54) is 19.3 Å². The Morgan fingerprint density at radius 1 is 1.20 bits per heavy atom. The highest BCUT2D eigenvalue weighted by Crippen LogP contribution is 2.47. The van der Waals surface area contributed by atoms with Crippen LogP contribution in [0.5, 0.6) is 5.75 Å². The van der Waals surface area contributed by atoms with Crippen LogP contribution < -0.4 is 5.32 Å². The van der Waals surface area contributed by atoms with Gasteiger partial charge in [-0.3, -0.25) is 4.90 Å². The molecule has 1 saturated heterocycles. The van der Waals surface area contributed by atoms with Gasteiger partial charge in [0.05, 0.1) is 0 Å². The van der Waals surface area contributed by atoms with E-state index in [1.54, 1.807) is 0 Å². The fourth-order valence-electron chi connectivity index (χ4n) is 3.30. The Hall–Kier alpha value is -0.100. The number of benzene rings is 1. The van der Waals surface area contributed by atoms with Crippen molar-refractivity contribution in [2.45, 2.75) is 25.3 Å². The molecule has 1 aromatic rings. The fraction of sp³-hybridized carbons (Fsp3) is 0.600. The molecule has 1 aliphatic heterocycles. The van der Waals surface area contributed by atoms with E-state index in [-0.39, 0.29) is 0 Å². The summed E-state index contributed by atoms with van der Waals surface area (Å²) in [4.78, 5) is 2.54. The smallest absolute Gasteiger partial charge is 0.122 e. The number of phenols is 1. The van der Waals surface area contributed by atoms with Gasteiger partial charge < -0.3 is 10.4 Å². The zero-order valence-corrected chi connectivity index (χ0v) is 14.6. The summed E-state index contributed by atoms with van der Waals surface area (Å²) in [5.74, 6) is 1.08. The number of halogens is 2. The monoisotopic (exact) mass is 402 g/mol. The fourth-order valence-corrected chi connectivity index (χ4v) is 4.73. The summed E-state index contributed by atoms with van der Waals surface area (Å²) in [6, 6.07) is 4.20. The van der Waals surface area contributed by atoms with Crippen LogP contribution in [-0.4, -0.2) is 36.2 Å². The van der Waals surface area contributed by atoms with Crippen LogP contribution in [0.1, 0.15) is 30.9 Å². The topological polar surface area (TPSA) is 35.5 Å². The third kappa shape index (κ3) is 2.91. The summed E-state index contributed by atoms with van der Waals surface area (Å²) < 4.78 is 1.93. The molecule has 0 amide bonds. The Balaban J connectivity index is 1.96. The summed E-state index contributed by atoms with van der Waals surface area (Å²) in [6.07, 6.45) is 3.87. The summed E-state index contributed by atoms with van der Waals surface area (Å²) in [5.41, 5.74) is 1.07. The standard InChI is InChI=1S/C15H20Br2N2O/c16-11-8-12(17)14(13(20)9-11)15(10-2-1-3-10)19-6-4-18-5-7-19/h8-10,15,18,20H,1-7H2/t15-/m1/s1. The maximum atomic E-state index is 10.4. The molecule has 1 aromatic carbocycles. The maximum Gasteiger partial charge on any atom is 0.122 e. The summed E-state index contributed by atoms with van der Waals surface area (Å²) >= 11 is 7.10. The Bertz CT molecular complexity index is 462. The number of nitrogens with zero attached hydrogens (tertiary/aromatic N) is 1. The third-order valence-electron chi connectivity index (χ3n) is 4.51. The van der Waals surface area contributed by atoms with Crippen LogP contribution in [0.4, 0.5) is 0 Å². The van der Waals surface area contributed by atoms with Gasteiger partial charge in [0.1, 0.15) is 5.75 Å². The molecule has 0 aromatic heterocycles. The highest BCUT2D eigenvalue weighted by molar-refractivity contribution is 9.11. The van der Waals surface area contributed by atoms with Crippen molar-refractivity contribution in [1.29, 1.82) is 0 Å². The van der Waals surface area contributed by atoms with Crippen LogP contribution >= 0.6 is 31.9 Å². The zero-order valence-electron chi connectivity index (χ0n) is 11.4. The van der Waals surface area contributed by atoms with Crippen LogP contribution in [0.25, 0.3) is 0 Å². The number of hydrogen-bond donors (Lipinski definition) is 2. The average molecular weight is 404 g/mol. The molecule has 1 saturated carbocycles. The van der Waals surface area contributed by atoms with E-state index < -0.39 is 0 Å². The van der Waals surface area contributed by atoms with Crippen molar-refractivity contribution in [3.63, 3.8) is 0 Å². The second-order valence-electron chi connectivity index (χ2n) is 5.74. The molecule has 0 unspecified atom stereocenters.